The van der Waals surface area contributed by atoms with Gasteiger partial charge in [-0.15, -0.1) is 0 Å². The number of Topliss-reactive ketones (excluding diaryl/α,β-unsaturated/α-hetero) is 2. The molecule has 2 aliphatic carbocycles. The Bertz CT molecular complexity index is 1560. The highest BCUT2D eigenvalue weighted by Crippen LogP contribution is 2.38. The Labute approximate surface area is 216 Å². The Morgan fingerprint density at radius 3 is 2.30 bits per heavy atom. The van der Waals surface area contributed by atoms with E-state index in [9.17, 15) is 9.59 Å². The summed E-state index contributed by atoms with van der Waals surface area (Å²) >= 11 is 0. The predicted molar refractivity (Wildman–Crippen MR) is 144 cm³/mol. The van der Waals surface area contributed by atoms with Crippen LogP contribution in [0, 0.1) is 24.7 Å². The van der Waals surface area contributed by atoms with Crippen molar-refractivity contribution in [2.24, 2.45) is 10.8 Å². The van der Waals surface area contributed by atoms with Crippen molar-refractivity contribution in [2.45, 2.75) is 67.2 Å². The van der Waals surface area contributed by atoms with Gasteiger partial charge in [-0.25, -0.2) is 15.0 Å². The first-order valence-corrected chi connectivity index (χ1v) is 12.7. The monoisotopic (exact) mass is 498 g/mol. The molecule has 4 heterocycles. The first-order valence-electron chi connectivity index (χ1n) is 12.7. The second kappa shape index (κ2) is 8.64. The number of hydrogen-bond donors (Lipinski definition) is 2. The van der Waals surface area contributed by atoms with E-state index in [2.05, 4.69) is 52.2 Å². The summed E-state index contributed by atoms with van der Waals surface area (Å²) in [5, 5.41) is 0. The highest BCUT2D eigenvalue weighted by atomic mass is 16.1. The van der Waals surface area contributed by atoms with Gasteiger partial charge in [0.05, 0.1) is 17.4 Å². The number of nitrogens with one attached hydrogen (secondary N) is 1. The van der Waals surface area contributed by atoms with Gasteiger partial charge in [-0.05, 0) is 54.7 Å². The van der Waals surface area contributed by atoms with Gasteiger partial charge in [-0.3, -0.25) is 9.59 Å². The SMILES string of the molecule is Cc1c[nH]c2c1C(=O)CC(C)(C)C2.Cc1cn(-c2cnc3c(N)ncnc3c2)c2c1C(=O)CC(C)(C)C2. The van der Waals surface area contributed by atoms with Crippen LogP contribution < -0.4 is 5.73 Å². The number of nitrogen functional groups attached to an aromatic ring is 1. The summed E-state index contributed by atoms with van der Waals surface area (Å²) in [5.41, 5.74) is 14.2. The zero-order valence-corrected chi connectivity index (χ0v) is 22.4. The zero-order chi connectivity index (χ0) is 26.7. The van der Waals surface area contributed by atoms with Crippen LogP contribution in [0.15, 0.2) is 31.0 Å². The van der Waals surface area contributed by atoms with Crippen LogP contribution in [0.1, 0.15) is 83.8 Å². The van der Waals surface area contributed by atoms with Crippen LogP contribution in [0.4, 0.5) is 5.82 Å². The highest BCUT2D eigenvalue weighted by molar-refractivity contribution is 6.01. The fourth-order valence-electron chi connectivity index (χ4n) is 5.76. The van der Waals surface area contributed by atoms with Crippen molar-refractivity contribution < 1.29 is 9.59 Å². The molecule has 0 spiro atoms. The molecule has 4 aromatic rings. The maximum atomic E-state index is 12.6. The molecule has 3 N–H and O–H groups in total. The van der Waals surface area contributed by atoms with Crippen LogP contribution in [-0.2, 0) is 12.8 Å². The molecule has 0 aliphatic heterocycles. The molecule has 6 rings (SSSR count). The number of anilines is 1. The number of H-pyrrole nitrogens is 1. The lowest BCUT2D eigenvalue weighted by atomic mass is 9.75. The van der Waals surface area contributed by atoms with Gasteiger partial charge in [0, 0.05) is 47.8 Å². The normalized spacial score (nSPS) is 17.7. The standard InChI is InChI=1S/C18H19N5O.C11H15NO/c1-10-8-23(13-5-18(2,3)6-14(24)15(10)13)11-4-12-16(20-7-11)17(19)22-9-21-12;1-7-6-12-8-4-11(2,3)5-9(13)10(7)8/h4,7-9H,5-6H2,1-3H3,(H2,19,21,22);6,12H,4-5H2,1-3H3. The lowest BCUT2D eigenvalue weighted by Crippen LogP contribution is -2.28. The maximum absolute atomic E-state index is 12.6. The molecule has 0 saturated heterocycles. The largest absolute Gasteiger partial charge is 0.382 e. The molecular formula is C29H34N6O2. The van der Waals surface area contributed by atoms with Gasteiger partial charge in [-0.2, -0.15) is 0 Å². The molecule has 0 saturated carbocycles. The second-order valence-corrected chi connectivity index (χ2v) is 12.0. The molecule has 0 unspecified atom stereocenters. The van der Waals surface area contributed by atoms with E-state index < -0.39 is 0 Å². The first-order chi connectivity index (χ1) is 17.3. The van der Waals surface area contributed by atoms with Gasteiger partial charge in [0.2, 0.25) is 0 Å². The van der Waals surface area contributed by atoms with E-state index >= 15 is 0 Å². The Kier molecular flexibility index (Phi) is 5.81. The fourth-order valence-corrected chi connectivity index (χ4v) is 5.76. The van der Waals surface area contributed by atoms with E-state index in [1.54, 1.807) is 6.20 Å². The lowest BCUT2D eigenvalue weighted by Gasteiger charge is -2.30. The molecule has 0 atom stereocenters. The van der Waals surface area contributed by atoms with Gasteiger partial charge in [-0.1, -0.05) is 27.7 Å². The molecule has 0 aromatic carbocycles. The molecule has 0 amide bonds. The molecule has 0 fully saturated rings. The number of aromatic amines is 1. The molecule has 2 aliphatic rings. The third-order valence-electron chi connectivity index (χ3n) is 7.36. The van der Waals surface area contributed by atoms with Gasteiger partial charge >= 0.3 is 0 Å². The highest BCUT2D eigenvalue weighted by Gasteiger charge is 2.35. The number of hydrogen-bond acceptors (Lipinski definition) is 6. The van der Waals surface area contributed by atoms with Crippen molar-refractivity contribution in [2.75, 3.05) is 5.73 Å². The van der Waals surface area contributed by atoms with E-state index in [1.165, 1.54) is 6.33 Å². The smallest absolute Gasteiger partial charge is 0.165 e. The van der Waals surface area contributed by atoms with Crippen molar-refractivity contribution >= 4 is 28.4 Å². The van der Waals surface area contributed by atoms with Crippen LogP contribution in [-0.4, -0.2) is 36.1 Å². The van der Waals surface area contributed by atoms with Crippen molar-refractivity contribution in [3.05, 3.63) is 64.6 Å². The number of carbonyl (C=O) groups excluding carboxylic acids is 2. The van der Waals surface area contributed by atoms with Crippen LogP contribution in [0.25, 0.3) is 16.7 Å². The molecule has 8 nitrogen and oxygen atoms in total. The predicted octanol–water partition coefficient (Wildman–Crippen LogP) is 5.34. The summed E-state index contributed by atoms with van der Waals surface area (Å²) in [4.78, 5) is 40.1. The average molecular weight is 499 g/mol. The minimum absolute atomic E-state index is 0.0382. The van der Waals surface area contributed by atoms with E-state index in [0.717, 1.165) is 52.2 Å². The number of nitrogens with two attached hydrogens (primary N) is 1. The number of carbonyl (C=O) groups is 2. The topological polar surface area (TPSA) is 120 Å². The maximum Gasteiger partial charge on any atom is 0.165 e. The van der Waals surface area contributed by atoms with Crippen LogP contribution in [0.5, 0.6) is 0 Å². The number of aromatic nitrogens is 5. The molecular weight excluding hydrogens is 464 g/mol. The number of pyridine rings is 1. The molecule has 0 bridgehead atoms. The van der Waals surface area contributed by atoms with Crippen LogP contribution >= 0.6 is 0 Å². The minimum atomic E-state index is -0.0382. The second-order valence-electron chi connectivity index (χ2n) is 12.0. The number of fused-ring (bicyclic) bond motifs is 3. The number of ketones is 2. The summed E-state index contributed by atoms with van der Waals surface area (Å²) in [6.07, 6.45) is 10.2. The van der Waals surface area contributed by atoms with E-state index in [-0.39, 0.29) is 16.6 Å². The number of nitrogens with zero attached hydrogens (tertiary/aromatic N) is 4. The Balaban J connectivity index is 0.000000182. The van der Waals surface area contributed by atoms with Gasteiger partial charge in [0.1, 0.15) is 11.8 Å². The summed E-state index contributed by atoms with van der Waals surface area (Å²) in [6, 6.07) is 1.94. The van der Waals surface area contributed by atoms with Crippen molar-refractivity contribution in [3.8, 4) is 5.69 Å². The lowest BCUT2D eigenvalue weighted by molar-refractivity contribution is 0.0901. The third-order valence-corrected chi connectivity index (χ3v) is 7.36. The average Bonchev–Trinajstić information content (AvgIpc) is 3.32. The van der Waals surface area contributed by atoms with Crippen molar-refractivity contribution in [3.63, 3.8) is 0 Å². The van der Waals surface area contributed by atoms with E-state index in [0.29, 0.717) is 35.5 Å². The molecule has 8 heteroatoms. The third kappa shape index (κ3) is 4.56. The summed E-state index contributed by atoms with van der Waals surface area (Å²) in [7, 11) is 0. The zero-order valence-electron chi connectivity index (χ0n) is 22.4. The Morgan fingerprint density at radius 2 is 1.57 bits per heavy atom. The van der Waals surface area contributed by atoms with E-state index in [1.807, 2.05) is 32.3 Å². The number of rotatable bonds is 1. The van der Waals surface area contributed by atoms with Crippen LogP contribution in [0.3, 0.4) is 0 Å². The Hall–Kier alpha value is -3.81. The molecule has 0 radical (unpaired) electrons. The number of aryl methyl sites for hydroxylation is 2. The van der Waals surface area contributed by atoms with Crippen LogP contribution in [0.2, 0.25) is 0 Å². The quantitative estimate of drug-likeness (QED) is 0.366. The molecule has 37 heavy (non-hydrogen) atoms. The minimum Gasteiger partial charge on any atom is -0.382 e. The molecule has 192 valence electrons. The van der Waals surface area contributed by atoms with E-state index in [4.69, 9.17) is 5.73 Å². The fraction of sp³-hybridized carbons (Fsp3) is 0.414. The summed E-state index contributed by atoms with van der Waals surface area (Å²) in [5.74, 6) is 0.886. The first kappa shape index (κ1) is 24.9. The van der Waals surface area contributed by atoms with Gasteiger partial charge in [0.25, 0.3) is 0 Å². The summed E-state index contributed by atoms with van der Waals surface area (Å²) < 4.78 is 2.06. The van der Waals surface area contributed by atoms with Gasteiger partial charge < -0.3 is 15.3 Å². The summed E-state index contributed by atoms with van der Waals surface area (Å²) in [6.45, 7) is 12.5. The van der Waals surface area contributed by atoms with Crippen molar-refractivity contribution in [1.29, 1.82) is 0 Å². The van der Waals surface area contributed by atoms with Gasteiger partial charge in [0.15, 0.2) is 17.4 Å². The van der Waals surface area contributed by atoms with Crippen molar-refractivity contribution in [1.82, 2.24) is 24.5 Å². The Morgan fingerprint density at radius 1 is 0.892 bits per heavy atom. The molecule has 4 aromatic heterocycles.